The summed E-state index contributed by atoms with van der Waals surface area (Å²) in [7, 11) is 0. The Morgan fingerprint density at radius 3 is 2.10 bits per heavy atom. The van der Waals surface area contributed by atoms with Gasteiger partial charge in [-0.3, -0.25) is 10.1 Å². The van der Waals surface area contributed by atoms with E-state index in [1.54, 1.807) is 30.3 Å². The molecule has 0 aliphatic rings. The van der Waals surface area contributed by atoms with Crippen LogP contribution >= 0.6 is 0 Å². The van der Waals surface area contributed by atoms with Crippen molar-refractivity contribution >= 4 is 5.69 Å². The van der Waals surface area contributed by atoms with E-state index in [0.29, 0.717) is 17.5 Å². The molecule has 0 aromatic heterocycles. The molecular formula is C25H18FNO3. The van der Waals surface area contributed by atoms with Gasteiger partial charge in [0.15, 0.2) is 0 Å². The average molecular weight is 399 g/mol. The minimum Gasteiger partial charge on any atom is -0.508 e. The van der Waals surface area contributed by atoms with Crippen LogP contribution in [0, 0.1) is 15.9 Å². The molecule has 0 heterocycles. The third-order valence-electron chi connectivity index (χ3n) is 4.94. The van der Waals surface area contributed by atoms with Crippen LogP contribution in [0.4, 0.5) is 10.1 Å². The first kappa shape index (κ1) is 19.3. The zero-order valence-corrected chi connectivity index (χ0v) is 16.0. The van der Waals surface area contributed by atoms with Crippen LogP contribution in [-0.4, -0.2) is 10.0 Å². The van der Waals surface area contributed by atoms with Crippen molar-refractivity contribution in [3.8, 4) is 28.0 Å². The number of nitro benzene ring substituents is 1. The van der Waals surface area contributed by atoms with Crippen LogP contribution in [-0.2, 0) is 6.42 Å². The minimum atomic E-state index is -0.386. The third kappa shape index (κ3) is 4.05. The van der Waals surface area contributed by atoms with Gasteiger partial charge in [-0.05, 0) is 64.6 Å². The van der Waals surface area contributed by atoms with Crippen molar-refractivity contribution in [1.29, 1.82) is 0 Å². The van der Waals surface area contributed by atoms with Gasteiger partial charge in [-0.25, -0.2) is 4.39 Å². The first-order valence-electron chi connectivity index (χ1n) is 9.42. The van der Waals surface area contributed by atoms with E-state index in [0.717, 1.165) is 22.3 Å². The SMILES string of the molecule is O=[N+]([O-])c1cc(Cc2ccc(F)cc2)cc(-c2ccccc2)c1-c1ccc(O)cc1. The fraction of sp³-hybridized carbons (Fsp3) is 0.0400. The molecule has 0 fully saturated rings. The van der Waals surface area contributed by atoms with E-state index < -0.39 is 0 Å². The summed E-state index contributed by atoms with van der Waals surface area (Å²) in [4.78, 5) is 11.6. The second-order valence-corrected chi connectivity index (χ2v) is 7.01. The van der Waals surface area contributed by atoms with E-state index in [-0.39, 0.29) is 22.2 Å². The molecule has 0 atom stereocenters. The van der Waals surface area contributed by atoms with Crippen molar-refractivity contribution in [3.63, 3.8) is 0 Å². The van der Waals surface area contributed by atoms with Crippen molar-refractivity contribution in [2.45, 2.75) is 6.42 Å². The largest absolute Gasteiger partial charge is 0.508 e. The lowest BCUT2D eigenvalue weighted by molar-refractivity contribution is -0.384. The lowest BCUT2D eigenvalue weighted by atomic mass is 9.89. The first-order valence-corrected chi connectivity index (χ1v) is 9.42. The van der Waals surface area contributed by atoms with Crippen LogP contribution in [0.3, 0.4) is 0 Å². The summed E-state index contributed by atoms with van der Waals surface area (Å²) in [5.74, 6) is -0.229. The van der Waals surface area contributed by atoms with E-state index in [1.807, 2.05) is 36.4 Å². The molecule has 148 valence electrons. The fourth-order valence-corrected chi connectivity index (χ4v) is 3.55. The Balaban J connectivity index is 1.93. The molecule has 4 aromatic rings. The molecule has 4 nitrogen and oxygen atoms in total. The molecule has 0 bridgehead atoms. The smallest absolute Gasteiger partial charge is 0.278 e. The molecule has 5 heteroatoms. The molecular weight excluding hydrogens is 381 g/mol. The van der Waals surface area contributed by atoms with Crippen molar-refractivity contribution in [3.05, 3.63) is 118 Å². The standard InChI is InChI=1S/C25H18FNO3/c26-21-10-6-17(7-11-21)14-18-15-23(19-4-2-1-3-5-19)25(24(16-18)27(29)30)20-8-12-22(28)13-9-20/h1-13,15-16,28H,14H2. The summed E-state index contributed by atoms with van der Waals surface area (Å²) in [6.07, 6.45) is 0.441. The molecule has 30 heavy (non-hydrogen) atoms. The Kier molecular flexibility index (Phi) is 5.26. The van der Waals surface area contributed by atoms with Gasteiger partial charge in [-0.15, -0.1) is 0 Å². The molecule has 0 saturated heterocycles. The maximum Gasteiger partial charge on any atom is 0.278 e. The third-order valence-corrected chi connectivity index (χ3v) is 4.94. The van der Waals surface area contributed by atoms with Gasteiger partial charge in [0.2, 0.25) is 0 Å². The zero-order chi connectivity index (χ0) is 21.1. The van der Waals surface area contributed by atoms with Gasteiger partial charge in [-0.2, -0.15) is 0 Å². The van der Waals surface area contributed by atoms with Crippen LogP contribution < -0.4 is 0 Å². The highest BCUT2D eigenvalue weighted by Crippen LogP contribution is 2.41. The van der Waals surface area contributed by atoms with Crippen molar-refractivity contribution in [2.24, 2.45) is 0 Å². The second-order valence-electron chi connectivity index (χ2n) is 7.01. The molecule has 0 spiro atoms. The molecule has 4 aromatic carbocycles. The number of halogens is 1. The number of nitro groups is 1. The van der Waals surface area contributed by atoms with Crippen LogP contribution in [0.2, 0.25) is 0 Å². The predicted molar refractivity (Wildman–Crippen MR) is 115 cm³/mol. The van der Waals surface area contributed by atoms with E-state index in [9.17, 15) is 19.6 Å². The number of hydrogen-bond donors (Lipinski definition) is 1. The maximum atomic E-state index is 13.2. The zero-order valence-electron chi connectivity index (χ0n) is 16.0. The Bertz CT molecular complexity index is 1190. The van der Waals surface area contributed by atoms with Gasteiger partial charge in [0.25, 0.3) is 5.69 Å². The Hall–Kier alpha value is -3.99. The number of nitrogens with zero attached hydrogens (tertiary/aromatic N) is 1. The summed E-state index contributed by atoms with van der Waals surface area (Å²) in [6, 6.07) is 25.5. The van der Waals surface area contributed by atoms with Gasteiger partial charge in [0, 0.05) is 6.07 Å². The second kappa shape index (κ2) is 8.17. The summed E-state index contributed by atoms with van der Waals surface area (Å²) in [5, 5.41) is 21.6. The number of phenols is 1. The van der Waals surface area contributed by atoms with Crippen molar-refractivity contribution < 1.29 is 14.4 Å². The number of phenolic OH excluding ortho intramolecular Hbond substituents is 1. The van der Waals surface area contributed by atoms with Crippen LogP contribution in [0.15, 0.2) is 91.0 Å². The van der Waals surface area contributed by atoms with Crippen LogP contribution in [0.25, 0.3) is 22.3 Å². The Morgan fingerprint density at radius 1 is 0.800 bits per heavy atom. The normalized spacial score (nSPS) is 10.7. The highest BCUT2D eigenvalue weighted by atomic mass is 19.1. The lowest BCUT2D eigenvalue weighted by Crippen LogP contribution is -1.99. The number of hydrogen-bond acceptors (Lipinski definition) is 3. The van der Waals surface area contributed by atoms with Gasteiger partial charge in [0.1, 0.15) is 11.6 Å². The fourth-order valence-electron chi connectivity index (χ4n) is 3.55. The van der Waals surface area contributed by atoms with Gasteiger partial charge in [0.05, 0.1) is 10.5 Å². The van der Waals surface area contributed by atoms with Crippen LogP contribution in [0.5, 0.6) is 5.75 Å². The highest BCUT2D eigenvalue weighted by molar-refractivity contribution is 5.90. The average Bonchev–Trinajstić information content (AvgIpc) is 2.76. The molecule has 0 unspecified atom stereocenters. The summed E-state index contributed by atoms with van der Waals surface area (Å²) in [6.45, 7) is 0. The van der Waals surface area contributed by atoms with Gasteiger partial charge in [-0.1, -0.05) is 54.6 Å². The summed E-state index contributed by atoms with van der Waals surface area (Å²) < 4.78 is 13.2. The number of aromatic hydroxyl groups is 1. The molecule has 0 aliphatic carbocycles. The number of rotatable bonds is 5. The van der Waals surface area contributed by atoms with Crippen molar-refractivity contribution in [2.75, 3.05) is 0 Å². The molecule has 1 N–H and O–H groups in total. The molecule has 4 rings (SSSR count). The van der Waals surface area contributed by atoms with E-state index in [4.69, 9.17) is 0 Å². The monoisotopic (exact) mass is 399 g/mol. The van der Waals surface area contributed by atoms with E-state index in [2.05, 4.69) is 0 Å². The van der Waals surface area contributed by atoms with Crippen molar-refractivity contribution in [1.82, 2.24) is 0 Å². The first-order chi connectivity index (χ1) is 14.5. The van der Waals surface area contributed by atoms with Gasteiger partial charge >= 0.3 is 0 Å². The topological polar surface area (TPSA) is 63.4 Å². The highest BCUT2D eigenvalue weighted by Gasteiger charge is 2.22. The molecule has 0 aliphatic heterocycles. The van der Waals surface area contributed by atoms with E-state index in [1.165, 1.54) is 24.3 Å². The molecule has 0 radical (unpaired) electrons. The van der Waals surface area contributed by atoms with Gasteiger partial charge < -0.3 is 5.11 Å². The Labute approximate surface area is 173 Å². The lowest BCUT2D eigenvalue weighted by Gasteiger charge is -2.14. The predicted octanol–water partition coefficient (Wildman–Crippen LogP) is 6.36. The maximum absolute atomic E-state index is 13.2. The Morgan fingerprint density at radius 2 is 1.47 bits per heavy atom. The summed E-state index contributed by atoms with van der Waals surface area (Å²) >= 11 is 0. The summed E-state index contributed by atoms with van der Waals surface area (Å²) in [5.41, 5.74) is 4.33. The molecule has 0 amide bonds. The molecule has 0 saturated carbocycles. The quantitative estimate of drug-likeness (QED) is 0.313. The minimum absolute atomic E-state index is 0.0147. The van der Waals surface area contributed by atoms with E-state index >= 15 is 0 Å². The number of benzene rings is 4. The van der Waals surface area contributed by atoms with Crippen LogP contribution in [0.1, 0.15) is 11.1 Å².